The molecule has 0 saturated carbocycles. The Balaban J connectivity index is 1.77. The number of anilines is 1. The van der Waals surface area contributed by atoms with Crippen molar-refractivity contribution in [3.8, 4) is 22.9 Å². The summed E-state index contributed by atoms with van der Waals surface area (Å²) in [4.78, 5) is 6.56. The smallest absolute Gasteiger partial charge is 0.245 e. The summed E-state index contributed by atoms with van der Waals surface area (Å²) in [5.74, 6) is 1.74. The Labute approximate surface area is 122 Å². The summed E-state index contributed by atoms with van der Waals surface area (Å²) in [6.07, 6.45) is 2.10. The Hall–Kier alpha value is -2.28. The van der Waals surface area contributed by atoms with Gasteiger partial charge in [-0.1, -0.05) is 0 Å². The lowest BCUT2D eigenvalue weighted by molar-refractivity contribution is 0.411. The summed E-state index contributed by atoms with van der Waals surface area (Å²) in [5.41, 5.74) is 6.29. The van der Waals surface area contributed by atoms with E-state index in [1.54, 1.807) is 0 Å². The van der Waals surface area contributed by atoms with Gasteiger partial charge in [-0.15, -0.1) is 5.10 Å². The molecule has 1 aliphatic rings. The molecule has 0 radical (unpaired) electrons. The molecule has 2 aromatic rings. The van der Waals surface area contributed by atoms with E-state index >= 15 is 0 Å². The normalized spacial score (nSPS) is 16.3. The van der Waals surface area contributed by atoms with E-state index in [-0.39, 0.29) is 11.5 Å². The zero-order chi connectivity index (χ0) is 14.8. The number of hydrogen-bond acceptors (Lipinski definition) is 6. The molecule has 0 spiro atoms. The molecule has 3 rings (SSSR count). The largest absolute Gasteiger partial charge is 0.508 e. The van der Waals surface area contributed by atoms with Crippen molar-refractivity contribution in [1.82, 2.24) is 15.2 Å². The van der Waals surface area contributed by atoms with E-state index in [4.69, 9.17) is 5.73 Å². The van der Waals surface area contributed by atoms with Crippen molar-refractivity contribution in [3.63, 3.8) is 0 Å². The highest BCUT2D eigenvalue weighted by Crippen LogP contribution is 2.28. The van der Waals surface area contributed by atoms with E-state index in [0.717, 1.165) is 32.5 Å². The van der Waals surface area contributed by atoms with E-state index in [9.17, 15) is 10.2 Å². The first-order valence-corrected chi connectivity index (χ1v) is 7.06. The molecule has 5 N–H and O–H groups in total. The molecule has 0 unspecified atom stereocenters. The molecule has 0 aliphatic carbocycles. The Morgan fingerprint density at radius 3 is 2.48 bits per heavy atom. The van der Waals surface area contributed by atoms with Crippen LogP contribution in [0.5, 0.6) is 11.5 Å². The van der Waals surface area contributed by atoms with Gasteiger partial charge in [0, 0.05) is 24.7 Å². The second-order valence-corrected chi connectivity index (χ2v) is 5.39. The average Bonchev–Trinajstić information content (AvgIpc) is 2.96. The molecule has 7 nitrogen and oxygen atoms in total. The molecule has 0 atom stereocenters. The van der Waals surface area contributed by atoms with Crippen molar-refractivity contribution in [3.05, 3.63) is 18.2 Å². The van der Waals surface area contributed by atoms with Gasteiger partial charge in [0.25, 0.3) is 0 Å². The Kier molecular flexibility index (Phi) is 3.66. The molecular formula is C14H19N5O2. The molecule has 0 amide bonds. The number of rotatable bonds is 3. The van der Waals surface area contributed by atoms with E-state index in [1.165, 1.54) is 18.2 Å². The minimum absolute atomic E-state index is 0.00768. The first-order valence-electron chi connectivity index (χ1n) is 7.06. The fourth-order valence-corrected chi connectivity index (χ4v) is 2.62. The van der Waals surface area contributed by atoms with E-state index in [0.29, 0.717) is 23.3 Å². The number of aromatic nitrogens is 3. The van der Waals surface area contributed by atoms with Gasteiger partial charge in [-0.25, -0.2) is 0 Å². The SMILES string of the molecule is NCC1CCN(c2n[nH]c(-c3cc(O)cc(O)c3)n2)CC1. The van der Waals surface area contributed by atoms with Gasteiger partial charge in [-0.3, -0.25) is 5.10 Å². The third kappa shape index (κ3) is 2.92. The number of aromatic hydroxyl groups is 2. The monoisotopic (exact) mass is 289 g/mol. The maximum absolute atomic E-state index is 9.52. The highest BCUT2D eigenvalue weighted by atomic mass is 16.3. The lowest BCUT2D eigenvalue weighted by atomic mass is 9.97. The maximum atomic E-state index is 9.52. The van der Waals surface area contributed by atoms with Crippen molar-refractivity contribution in [2.45, 2.75) is 12.8 Å². The molecule has 21 heavy (non-hydrogen) atoms. The number of hydrogen-bond donors (Lipinski definition) is 4. The Morgan fingerprint density at radius 2 is 1.86 bits per heavy atom. The van der Waals surface area contributed by atoms with Crippen molar-refractivity contribution >= 4 is 5.95 Å². The molecular weight excluding hydrogens is 270 g/mol. The third-order valence-corrected chi connectivity index (χ3v) is 3.88. The molecule has 2 heterocycles. The van der Waals surface area contributed by atoms with Gasteiger partial charge in [0.1, 0.15) is 11.5 Å². The second kappa shape index (κ2) is 5.61. The molecule has 1 saturated heterocycles. The van der Waals surface area contributed by atoms with Gasteiger partial charge in [0.2, 0.25) is 5.95 Å². The number of piperidine rings is 1. The standard InChI is InChI=1S/C14H19N5O2/c15-8-9-1-3-19(4-2-9)14-16-13(17-18-14)10-5-11(20)7-12(21)6-10/h5-7,9,20-21H,1-4,8,15H2,(H,16,17,18). The van der Waals surface area contributed by atoms with Crippen molar-refractivity contribution in [1.29, 1.82) is 0 Å². The van der Waals surface area contributed by atoms with Crippen LogP contribution in [0, 0.1) is 5.92 Å². The van der Waals surface area contributed by atoms with Gasteiger partial charge in [0.05, 0.1) is 0 Å². The van der Waals surface area contributed by atoms with Crippen LogP contribution >= 0.6 is 0 Å². The topological polar surface area (TPSA) is 111 Å². The lowest BCUT2D eigenvalue weighted by Crippen LogP contribution is -2.36. The summed E-state index contributed by atoms with van der Waals surface area (Å²) in [5, 5.41) is 26.1. The van der Waals surface area contributed by atoms with Gasteiger partial charge < -0.3 is 20.8 Å². The van der Waals surface area contributed by atoms with Crippen molar-refractivity contribution < 1.29 is 10.2 Å². The number of nitrogens with one attached hydrogen (secondary N) is 1. The number of phenolic OH excluding ortho intramolecular Hbond substituents is 2. The average molecular weight is 289 g/mol. The van der Waals surface area contributed by atoms with Crippen LogP contribution in [0.15, 0.2) is 18.2 Å². The molecule has 0 bridgehead atoms. The van der Waals surface area contributed by atoms with Crippen LogP contribution < -0.4 is 10.6 Å². The number of phenols is 2. The molecule has 7 heteroatoms. The number of benzene rings is 1. The predicted octanol–water partition coefficient (Wildman–Crippen LogP) is 1.06. The zero-order valence-electron chi connectivity index (χ0n) is 11.7. The quantitative estimate of drug-likeness (QED) is 0.672. The van der Waals surface area contributed by atoms with Crippen LogP contribution in [-0.4, -0.2) is 45.0 Å². The van der Waals surface area contributed by atoms with Gasteiger partial charge in [-0.05, 0) is 37.4 Å². The maximum Gasteiger partial charge on any atom is 0.245 e. The first kappa shape index (κ1) is 13.7. The highest BCUT2D eigenvalue weighted by Gasteiger charge is 2.21. The minimum atomic E-state index is -0.00768. The third-order valence-electron chi connectivity index (χ3n) is 3.88. The van der Waals surface area contributed by atoms with Crippen molar-refractivity contribution in [2.75, 3.05) is 24.5 Å². The van der Waals surface area contributed by atoms with Crippen LogP contribution in [0.4, 0.5) is 5.95 Å². The van der Waals surface area contributed by atoms with Gasteiger partial charge in [-0.2, -0.15) is 4.98 Å². The molecule has 1 aromatic heterocycles. The number of H-pyrrole nitrogens is 1. The number of aromatic amines is 1. The summed E-state index contributed by atoms with van der Waals surface area (Å²) in [6, 6.07) is 4.34. The summed E-state index contributed by atoms with van der Waals surface area (Å²) in [6.45, 7) is 2.52. The number of nitrogens with zero attached hydrogens (tertiary/aromatic N) is 3. The molecule has 112 valence electrons. The predicted molar refractivity (Wildman–Crippen MR) is 79.1 cm³/mol. The summed E-state index contributed by atoms with van der Waals surface area (Å²) >= 11 is 0. The van der Waals surface area contributed by atoms with Crippen LogP contribution in [0.2, 0.25) is 0 Å². The van der Waals surface area contributed by atoms with Crippen LogP contribution in [0.25, 0.3) is 11.4 Å². The molecule has 1 fully saturated rings. The van der Waals surface area contributed by atoms with Crippen LogP contribution in [0.1, 0.15) is 12.8 Å². The summed E-state index contributed by atoms with van der Waals surface area (Å²) in [7, 11) is 0. The fraction of sp³-hybridized carbons (Fsp3) is 0.429. The van der Waals surface area contributed by atoms with Gasteiger partial charge in [0.15, 0.2) is 5.82 Å². The van der Waals surface area contributed by atoms with Crippen LogP contribution in [0.3, 0.4) is 0 Å². The van der Waals surface area contributed by atoms with Crippen molar-refractivity contribution in [2.24, 2.45) is 11.7 Å². The van der Waals surface area contributed by atoms with E-state index in [1.807, 2.05) is 0 Å². The zero-order valence-corrected chi connectivity index (χ0v) is 11.7. The first-order chi connectivity index (χ1) is 10.2. The highest BCUT2D eigenvalue weighted by molar-refractivity contribution is 5.61. The number of nitrogens with two attached hydrogens (primary N) is 1. The van der Waals surface area contributed by atoms with E-state index < -0.39 is 0 Å². The molecule has 1 aliphatic heterocycles. The fourth-order valence-electron chi connectivity index (χ4n) is 2.62. The molecule has 1 aromatic carbocycles. The Bertz CT molecular complexity index is 599. The van der Waals surface area contributed by atoms with E-state index in [2.05, 4.69) is 20.1 Å². The Morgan fingerprint density at radius 1 is 1.19 bits per heavy atom. The van der Waals surface area contributed by atoms with Gasteiger partial charge >= 0.3 is 0 Å². The summed E-state index contributed by atoms with van der Waals surface area (Å²) < 4.78 is 0. The van der Waals surface area contributed by atoms with Crippen LogP contribution in [-0.2, 0) is 0 Å². The lowest BCUT2D eigenvalue weighted by Gasteiger charge is -2.30. The second-order valence-electron chi connectivity index (χ2n) is 5.39. The minimum Gasteiger partial charge on any atom is -0.508 e.